The second-order valence-corrected chi connectivity index (χ2v) is 6.04. The summed E-state index contributed by atoms with van der Waals surface area (Å²) in [6.07, 6.45) is 0.990. The lowest BCUT2D eigenvalue weighted by Gasteiger charge is -2.29. The molecule has 0 radical (unpaired) electrons. The molecule has 0 saturated carbocycles. The van der Waals surface area contributed by atoms with Crippen LogP contribution in [-0.4, -0.2) is 35.1 Å². The Kier molecular flexibility index (Phi) is 5.14. The Labute approximate surface area is 147 Å². The molecular weight excluding hydrogens is 312 g/mol. The standard InChI is InChI=1S/C21H18N2O2/c22-15-18-5-3-16(4-6-18)1-2-17-7-9-19(10-8-17)21(25)23-13-11-20(24)12-14-23/h3-10,20,24H,11-14H2. The van der Waals surface area contributed by atoms with E-state index in [2.05, 4.69) is 17.9 Å². The van der Waals surface area contributed by atoms with Gasteiger partial charge < -0.3 is 10.0 Å². The number of nitrogens with zero attached hydrogens (tertiary/aromatic N) is 2. The molecule has 1 heterocycles. The van der Waals surface area contributed by atoms with Crippen molar-refractivity contribution in [3.05, 3.63) is 70.8 Å². The summed E-state index contributed by atoms with van der Waals surface area (Å²) in [6, 6.07) is 16.4. The molecule has 0 aromatic heterocycles. The third kappa shape index (κ3) is 4.26. The fourth-order valence-electron chi connectivity index (χ4n) is 2.72. The first-order chi connectivity index (χ1) is 12.2. The largest absolute Gasteiger partial charge is 0.393 e. The van der Waals surface area contributed by atoms with E-state index < -0.39 is 0 Å². The van der Waals surface area contributed by atoms with E-state index in [-0.39, 0.29) is 12.0 Å². The maximum atomic E-state index is 12.4. The minimum Gasteiger partial charge on any atom is -0.393 e. The molecule has 4 heteroatoms. The summed E-state index contributed by atoms with van der Waals surface area (Å²) < 4.78 is 0. The number of aliphatic hydroxyl groups excluding tert-OH is 1. The Morgan fingerprint density at radius 1 is 0.920 bits per heavy atom. The van der Waals surface area contributed by atoms with E-state index in [4.69, 9.17) is 5.26 Å². The Hall–Kier alpha value is -3.08. The van der Waals surface area contributed by atoms with Gasteiger partial charge in [-0.15, -0.1) is 0 Å². The van der Waals surface area contributed by atoms with Gasteiger partial charge in [0.1, 0.15) is 0 Å². The zero-order valence-corrected chi connectivity index (χ0v) is 13.8. The number of carbonyl (C=O) groups excluding carboxylic acids is 1. The van der Waals surface area contributed by atoms with Gasteiger partial charge in [0, 0.05) is 29.8 Å². The Balaban J connectivity index is 1.67. The Morgan fingerprint density at radius 3 is 1.92 bits per heavy atom. The van der Waals surface area contributed by atoms with E-state index in [1.54, 1.807) is 29.2 Å². The highest BCUT2D eigenvalue weighted by molar-refractivity contribution is 5.94. The van der Waals surface area contributed by atoms with E-state index in [1.807, 2.05) is 24.3 Å². The number of hydrogen-bond acceptors (Lipinski definition) is 3. The molecule has 1 saturated heterocycles. The molecule has 0 spiro atoms. The maximum absolute atomic E-state index is 12.4. The summed E-state index contributed by atoms with van der Waals surface area (Å²) in [5.74, 6) is 6.10. The van der Waals surface area contributed by atoms with E-state index >= 15 is 0 Å². The first-order valence-corrected chi connectivity index (χ1v) is 8.25. The van der Waals surface area contributed by atoms with Crippen LogP contribution in [0.4, 0.5) is 0 Å². The van der Waals surface area contributed by atoms with Crippen LogP contribution in [0.5, 0.6) is 0 Å². The van der Waals surface area contributed by atoms with Gasteiger partial charge in [-0.1, -0.05) is 11.8 Å². The highest BCUT2D eigenvalue weighted by Gasteiger charge is 2.21. The predicted molar refractivity (Wildman–Crippen MR) is 94.7 cm³/mol. The fourth-order valence-corrected chi connectivity index (χ4v) is 2.72. The number of nitriles is 1. The van der Waals surface area contributed by atoms with Crippen molar-refractivity contribution >= 4 is 5.91 Å². The summed E-state index contributed by atoms with van der Waals surface area (Å²) in [4.78, 5) is 14.2. The van der Waals surface area contributed by atoms with E-state index in [9.17, 15) is 9.90 Å². The van der Waals surface area contributed by atoms with Crippen LogP contribution in [0.2, 0.25) is 0 Å². The number of benzene rings is 2. The zero-order chi connectivity index (χ0) is 17.6. The Bertz CT molecular complexity index is 844. The van der Waals surface area contributed by atoms with Crippen molar-refractivity contribution in [3.63, 3.8) is 0 Å². The van der Waals surface area contributed by atoms with Crippen LogP contribution >= 0.6 is 0 Å². The highest BCUT2D eigenvalue weighted by atomic mass is 16.3. The summed E-state index contributed by atoms with van der Waals surface area (Å²) in [7, 11) is 0. The van der Waals surface area contributed by atoms with Crippen molar-refractivity contribution in [2.24, 2.45) is 0 Å². The third-order valence-corrected chi connectivity index (χ3v) is 4.25. The molecule has 1 aliphatic rings. The molecule has 1 N–H and O–H groups in total. The molecule has 1 fully saturated rings. The van der Waals surface area contributed by atoms with Gasteiger partial charge in [0.2, 0.25) is 0 Å². The van der Waals surface area contributed by atoms with Gasteiger partial charge in [0.25, 0.3) is 5.91 Å². The second-order valence-electron chi connectivity index (χ2n) is 6.04. The minimum atomic E-state index is -0.288. The molecule has 3 rings (SSSR count). The van der Waals surface area contributed by atoms with Crippen molar-refractivity contribution in [2.75, 3.05) is 13.1 Å². The van der Waals surface area contributed by atoms with Gasteiger partial charge in [-0.2, -0.15) is 5.26 Å². The second kappa shape index (κ2) is 7.66. The molecule has 0 aliphatic carbocycles. The van der Waals surface area contributed by atoms with Crippen LogP contribution in [-0.2, 0) is 0 Å². The fraction of sp³-hybridized carbons (Fsp3) is 0.238. The summed E-state index contributed by atoms with van der Waals surface area (Å²) in [6.45, 7) is 1.19. The smallest absolute Gasteiger partial charge is 0.253 e. The van der Waals surface area contributed by atoms with Gasteiger partial charge in [0.15, 0.2) is 0 Å². The van der Waals surface area contributed by atoms with Gasteiger partial charge >= 0.3 is 0 Å². The van der Waals surface area contributed by atoms with Crippen LogP contribution in [0.25, 0.3) is 0 Å². The van der Waals surface area contributed by atoms with Crippen LogP contribution in [0.15, 0.2) is 48.5 Å². The van der Waals surface area contributed by atoms with Crippen molar-refractivity contribution in [3.8, 4) is 17.9 Å². The van der Waals surface area contributed by atoms with E-state index in [1.165, 1.54) is 0 Å². The quantitative estimate of drug-likeness (QED) is 0.817. The summed E-state index contributed by atoms with van der Waals surface area (Å²) >= 11 is 0. The molecule has 0 atom stereocenters. The Morgan fingerprint density at radius 2 is 1.40 bits per heavy atom. The number of carbonyl (C=O) groups is 1. The zero-order valence-electron chi connectivity index (χ0n) is 13.8. The molecule has 2 aromatic carbocycles. The third-order valence-electron chi connectivity index (χ3n) is 4.25. The highest BCUT2D eigenvalue weighted by Crippen LogP contribution is 2.14. The van der Waals surface area contributed by atoms with Crippen LogP contribution in [0.3, 0.4) is 0 Å². The number of hydrogen-bond donors (Lipinski definition) is 1. The van der Waals surface area contributed by atoms with Gasteiger partial charge in [0.05, 0.1) is 17.7 Å². The molecule has 124 valence electrons. The summed E-state index contributed by atoms with van der Waals surface area (Å²) in [5, 5.41) is 18.3. The molecule has 4 nitrogen and oxygen atoms in total. The molecule has 2 aromatic rings. The molecule has 0 unspecified atom stereocenters. The topological polar surface area (TPSA) is 64.3 Å². The first kappa shape index (κ1) is 16.8. The number of likely N-dealkylation sites (tertiary alicyclic amines) is 1. The number of piperidine rings is 1. The average molecular weight is 330 g/mol. The average Bonchev–Trinajstić information content (AvgIpc) is 2.67. The lowest BCUT2D eigenvalue weighted by molar-refractivity contribution is 0.0546. The number of aliphatic hydroxyl groups is 1. The van der Waals surface area contributed by atoms with Gasteiger partial charge in [-0.25, -0.2) is 0 Å². The molecule has 0 bridgehead atoms. The SMILES string of the molecule is N#Cc1ccc(C#Cc2ccc(C(=O)N3CCC(O)CC3)cc2)cc1. The normalized spacial score (nSPS) is 14.3. The lowest BCUT2D eigenvalue weighted by Crippen LogP contribution is -2.40. The first-order valence-electron chi connectivity index (χ1n) is 8.25. The predicted octanol–water partition coefficient (Wildman–Crippen LogP) is 2.55. The van der Waals surface area contributed by atoms with E-state index in [0.29, 0.717) is 37.1 Å². The monoisotopic (exact) mass is 330 g/mol. The number of amides is 1. The molecule has 25 heavy (non-hydrogen) atoms. The summed E-state index contributed by atoms with van der Waals surface area (Å²) in [5.41, 5.74) is 2.92. The van der Waals surface area contributed by atoms with Crippen LogP contribution < -0.4 is 0 Å². The van der Waals surface area contributed by atoms with Crippen LogP contribution in [0.1, 0.15) is 39.9 Å². The van der Waals surface area contributed by atoms with Crippen LogP contribution in [0, 0.1) is 23.2 Å². The minimum absolute atomic E-state index is 0.00139. The van der Waals surface area contributed by atoms with Gasteiger partial charge in [-0.05, 0) is 61.4 Å². The molecule has 1 aliphatic heterocycles. The van der Waals surface area contributed by atoms with Crippen molar-refractivity contribution in [1.82, 2.24) is 4.90 Å². The van der Waals surface area contributed by atoms with Crippen molar-refractivity contribution < 1.29 is 9.90 Å². The maximum Gasteiger partial charge on any atom is 0.253 e. The molecular formula is C21H18N2O2. The lowest BCUT2D eigenvalue weighted by atomic mass is 10.1. The van der Waals surface area contributed by atoms with Gasteiger partial charge in [-0.3, -0.25) is 4.79 Å². The van der Waals surface area contributed by atoms with E-state index in [0.717, 1.165) is 11.1 Å². The molecule has 1 amide bonds. The number of rotatable bonds is 1. The van der Waals surface area contributed by atoms with Crippen molar-refractivity contribution in [1.29, 1.82) is 5.26 Å². The van der Waals surface area contributed by atoms with Crippen molar-refractivity contribution in [2.45, 2.75) is 18.9 Å².